The number of aromatic nitrogens is 3. The second-order valence-electron chi connectivity index (χ2n) is 6.25. The molecule has 3 atom stereocenters. The minimum Gasteiger partial charge on any atom is -0.381 e. The van der Waals surface area contributed by atoms with Crippen LogP contribution in [-0.2, 0) is 15.1 Å². The molecule has 7 nitrogen and oxygen atoms in total. The van der Waals surface area contributed by atoms with Gasteiger partial charge in [0.05, 0.1) is 0 Å². The van der Waals surface area contributed by atoms with Crippen LogP contribution in [0.1, 0.15) is 38.9 Å². The van der Waals surface area contributed by atoms with Gasteiger partial charge in [0, 0.05) is 31.3 Å². The fourth-order valence-electron chi connectivity index (χ4n) is 3.12. The molecule has 3 N–H and O–H groups in total. The van der Waals surface area contributed by atoms with E-state index in [0.29, 0.717) is 19.3 Å². The molecule has 0 bridgehead atoms. The molecule has 1 aromatic carbocycles. The summed E-state index contributed by atoms with van der Waals surface area (Å²) in [5, 5.41) is 15.5. The number of hydrogen-bond donors (Lipinski definition) is 2. The third-order valence-electron chi connectivity index (χ3n) is 4.54. The van der Waals surface area contributed by atoms with Crippen LogP contribution in [0.25, 0.3) is 0 Å². The van der Waals surface area contributed by atoms with Crippen LogP contribution in [0.4, 0.5) is 8.78 Å². The van der Waals surface area contributed by atoms with Crippen LogP contribution in [0.15, 0.2) is 30.9 Å². The van der Waals surface area contributed by atoms with E-state index in [9.17, 15) is 13.9 Å². The second-order valence-corrected chi connectivity index (χ2v) is 6.25. The van der Waals surface area contributed by atoms with Crippen LogP contribution in [0.3, 0.4) is 0 Å². The lowest BCUT2D eigenvalue weighted by atomic mass is 9.77. The van der Waals surface area contributed by atoms with Crippen LogP contribution in [0.2, 0.25) is 0 Å². The number of aliphatic hydroxyl groups is 1. The average molecular weight is 384 g/mol. The Hall–Kier alpha value is -1.94. The summed E-state index contributed by atoms with van der Waals surface area (Å²) in [7, 11) is 0. The molecule has 0 aliphatic heterocycles. The van der Waals surface area contributed by atoms with E-state index in [2.05, 4.69) is 10.1 Å². The first-order valence-corrected chi connectivity index (χ1v) is 8.85. The summed E-state index contributed by atoms with van der Waals surface area (Å²) >= 11 is 0. The van der Waals surface area contributed by atoms with Crippen molar-refractivity contribution in [3.63, 3.8) is 0 Å². The van der Waals surface area contributed by atoms with Gasteiger partial charge in [0.2, 0.25) is 0 Å². The topological polar surface area (TPSA) is 95.4 Å². The fourth-order valence-corrected chi connectivity index (χ4v) is 3.12. The minimum atomic E-state index is -1.92. The van der Waals surface area contributed by atoms with Crippen LogP contribution in [-0.4, -0.2) is 39.4 Å². The zero-order chi connectivity index (χ0) is 20.0. The molecule has 0 aliphatic rings. The molecule has 150 valence electrons. The molecule has 9 heteroatoms. The van der Waals surface area contributed by atoms with Gasteiger partial charge in [-0.15, -0.1) is 0 Å². The third kappa shape index (κ3) is 4.67. The van der Waals surface area contributed by atoms with Gasteiger partial charge in [-0.3, -0.25) is 0 Å². The smallest absolute Gasteiger partial charge is 0.157 e. The fraction of sp³-hybridized carbons (Fsp3) is 0.556. The lowest BCUT2D eigenvalue weighted by molar-refractivity contribution is -0.167. The van der Waals surface area contributed by atoms with Crippen LogP contribution in [0, 0.1) is 17.6 Å². The third-order valence-corrected chi connectivity index (χ3v) is 4.54. The maximum Gasteiger partial charge on any atom is 0.157 e. The molecule has 0 amide bonds. The highest BCUT2D eigenvalue weighted by Gasteiger charge is 2.46. The molecular weight excluding hydrogens is 358 g/mol. The summed E-state index contributed by atoms with van der Waals surface area (Å²) in [6, 6.07) is 2.98. The average Bonchev–Trinajstić information content (AvgIpc) is 3.15. The highest BCUT2D eigenvalue weighted by atomic mass is 19.1. The standard InChI is InChI=1S/C18H26F2N4O3/c1-4-26-16(27-5-2)8-12(3)18(25,17(21)24-11-22-10-23-24)14-7-6-13(19)9-15(14)20/h6-7,9-12,16-17,25H,4-5,8,21H2,1-3H3/t12-,17?,18-/m1/s1. The van der Waals surface area contributed by atoms with E-state index in [1.54, 1.807) is 6.92 Å². The Labute approximate surface area is 157 Å². The van der Waals surface area contributed by atoms with Crippen molar-refractivity contribution in [2.24, 2.45) is 11.7 Å². The van der Waals surface area contributed by atoms with Crippen molar-refractivity contribution >= 4 is 0 Å². The molecule has 0 radical (unpaired) electrons. The van der Waals surface area contributed by atoms with Gasteiger partial charge in [-0.25, -0.2) is 18.4 Å². The van der Waals surface area contributed by atoms with Gasteiger partial charge in [-0.05, 0) is 25.8 Å². The van der Waals surface area contributed by atoms with Gasteiger partial charge in [0.25, 0.3) is 0 Å². The predicted octanol–water partition coefficient (Wildman–Crippen LogP) is 2.33. The number of rotatable bonds is 10. The van der Waals surface area contributed by atoms with Crippen molar-refractivity contribution in [1.82, 2.24) is 14.8 Å². The summed E-state index contributed by atoms with van der Waals surface area (Å²) in [6.45, 7) is 6.17. The molecule has 0 spiro atoms. The number of halogens is 2. The molecule has 0 saturated heterocycles. The van der Waals surface area contributed by atoms with E-state index in [1.807, 2.05) is 13.8 Å². The van der Waals surface area contributed by atoms with Gasteiger partial charge in [-0.1, -0.05) is 13.0 Å². The first-order valence-electron chi connectivity index (χ1n) is 8.85. The maximum absolute atomic E-state index is 14.6. The van der Waals surface area contributed by atoms with Crippen LogP contribution in [0.5, 0.6) is 0 Å². The normalized spacial score (nSPS) is 16.3. The summed E-state index contributed by atoms with van der Waals surface area (Å²) < 4.78 is 40.3. The molecule has 1 aromatic heterocycles. The molecular formula is C18H26F2N4O3. The number of nitrogens with zero attached hydrogens (tertiary/aromatic N) is 3. The lowest BCUT2D eigenvalue weighted by Gasteiger charge is -2.40. The van der Waals surface area contributed by atoms with E-state index in [-0.39, 0.29) is 12.0 Å². The van der Waals surface area contributed by atoms with Gasteiger partial charge >= 0.3 is 0 Å². The quantitative estimate of drug-likeness (QED) is 0.611. The highest BCUT2D eigenvalue weighted by Crippen LogP contribution is 2.41. The molecule has 0 saturated carbocycles. The van der Waals surface area contributed by atoms with Gasteiger partial charge in [-0.2, -0.15) is 5.10 Å². The van der Waals surface area contributed by atoms with E-state index in [1.165, 1.54) is 23.4 Å². The minimum absolute atomic E-state index is 0.133. The Kier molecular flexibility index (Phi) is 7.37. The van der Waals surface area contributed by atoms with Crippen molar-refractivity contribution in [3.05, 3.63) is 48.1 Å². The number of benzene rings is 1. The first kappa shape index (κ1) is 21.4. The summed E-state index contributed by atoms with van der Waals surface area (Å²) in [6.07, 6.45) is 1.05. The Morgan fingerprint density at radius 1 is 1.26 bits per heavy atom. The largest absolute Gasteiger partial charge is 0.381 e. The SMILES string of the molecule is CCOC(C[C@@H](C)[C@@](O)(c1ccc(F)cc1F)C(N)n1cncn1)OCC. The predicted molar refractivity (Wildman–Crippen MR) is 94.3 cm³/mol. The maximum atomic E-state index is 14.6. The molecule has 0 aliphatic carbocycles. The molecule has 2 aromatic rings. The lowest BCUT2D eigenvalue weighted by Crippen LogP contribution is -2.48. The zero-order valence-corrected chi connectivity index (χ0v) is 15.7. The first-order chi connectivity index (χ1) is 12.8. The van der Waals surface area contributed by atoms with Gasteiger partial charge in [0.1, 0.15) is 36.1 Å². The van der Waals surface area contributed by atoms with Crippen LogP contribution >= 0.6 is 0 Å². The molecule has 0 fully saturated rings. The summed E-state index contributed by atoms with van der Waals surface area (Å²) in [5.41, 5.74) is 4.20. The molecule has 1 heterocycles. The second kappa shape index (κ2) is 9.32. The number of ether oxygens (including phenoxy) is 2. The molecule has 27 heavy (non-hydrogen) atoms. The van der Waals surface area contributed by atoms with Crippen molar-refractivity contribution < 1.29 is 23.4 Å². The van der Waals surface area contributed by atoms with Gasteiger partial charge < -0.3 is 20.3 Å². The van der Waals surface area contributed by atoms with Crippen molar-refractivity contribution in [2.45, 2.75) is 45.2 Å². The Morgan fingerprint density at radius 2 is 1.93 bits per heavy atom. The van der Waals surface area contributed by atoms with Crippen LogP contribution < -0.4 is 5.73 Å². The van der Waals surface area contributed by atoms with E-state index < -0.39 is 35.6 Å². The monoisotopic (exact) mass is 384 g/mol. The zero-order valence-electron chi connectivity index (χ0n) is 15.7. The van der Waals surface area contributed by atoms with Crippen molar-refractivity contribution in [2.75, 3.05) is 13.2 Å². The number of nitrogens with two attached hydrogens (primary N) is 1. The molecule has 1 unspecified atom stereocenters. The van der Waals surface area contributed by atoms with E-state index >= 15 is 0 Å². The Bertz CT molecular complexity index is 711. The summed E-state index contributed by atoms with van der Waals surface area (Å²) in [5.74, 6) is -2.27. The Balaban J connectivity index is 2.45. The Morgan fingerprint density at radius 3 is 2.44 bits per heavy atom. The highest BCUT2D eigenvalue weighted by molar-refractivity contribution is 5.27. The van der Waals surface area contributed by atoms with Gasteiger partial charge in [0.15, 0.2) is 6.29 Å². The van der Waals surface area contributed by atoms with E-state index in [0.717, 1.165) is 6.07 Å². The van der Waals surface area contributed by atoms with Crippen molar-refractivity contribution in [1.29, 1.82) is 0 Å². The van der Waals surface area contributed by atoms with Crippen molar-refractivity contribution in [3.8, 4) is 0 Å². The van der Waals surface area contributed by atoms with E-state index in [4.69, 9.17) is 15.2 Å². The summed E-state index contributed by atoms with van der Waals surface area (Å²) in [4.78, 5) is 3.82. The number of hydrogen-bond acceptors (Lipinski definition) is 6. The molecule has 2 rings (SSSR count).